The number of methoxy groups -OCH3 is 2. The zero-order valence-corrected chi connectivity index (χ0v) is 18.9. The largest absolute Gasteiger partial charge is 0.493 e. The number of hydrogen-bond donors (Lipinski definition) is 2. The number of anilines is 1. The van der Waals surface area contributed by atoms with E-state index in [9.17, 15) is 4.79 Å². The number of amides is 2. The van der Waals surface area contributed by atoms with Crippen LogP contribution in [0.4, 0.5) is 10.5 Å². The predicted octanol–water partition coefficient (Wildman–Crippen LogP) is 4.33. The quantitative estimate of drug-likeness (QED) is 0.752. The molecule has 2 N–H and O–H groups in total. The van der Waals surface area contributed by atoms with Crippen LogP contribution in [0.15, 0.2) is 42.5 Å². The molecule has 1 heterocycles. The Kier molecular flexibility index (Phi) is 6.10. The van der Waals surface area contributed by atoms with Gasteiger partial charge in [0.25, 0.3) is 0 Å². The van der Waals surface area contributed by atoms with Crippen LogP contribution in [0.2, 0.25) is 0 Å². The molecular weight excluding hydrogens is 390 g/mol. The van der Waals surface area contributed by atoms with Crippen LogP contribution >= 0.6 is 0 Å². The summed E-state index contributed by atoms with van der Waals surface area (Å²) in [6.07, 6.45) is 4.05. The van der Waals surface area contributed by atoms with Gasteiger partial charge in [-0.15, -0.1) is 0 Å². The lowest BCUT2D eigenvalue weighted by Gasteiger charge is -2.45. The summed E-state index contributed by atoms with van der Waals surface area (Å²) in [4.78, 5) is 15.0. The number of nitrogens with one attached hydrogen (secondary N) is 2. The van der Waals surface area contributed by atoms with Crippen LogP contribution in [0.3, 0.4) is 0 Å². The summed E-state index contributed by atoms with van der Waals surface area (Å²) in [5.74, 6) is 1.54. The van der Waals surface area contributed by atoms with Gasteiger partial charge in [-0.2, -0.15) is 0 Å². The number of hydrogen-bond acceptors (Lipinski definition) is 4. The van der Waals surface area contributed by atoms with Crippen LogP contribution in [0.1, 0.15) is 36.8 Å². The number of urea groups is 1. The van der Waals surface area contributed by atoms with Crippen molar-refractivity contribution in [1.29, 1.82) is 0 Å². The maximum Gasteiger partial charge on any atom is 0.319 e. The van der Waals surface area contributed by atoms with E-state index in [1.165, 1.54) is 11.1 Å². The van der Waals surface area contributed by atoms with Crippen molar-refractivity contribution in [2.45, 2.75) is 50.1 Å². The third-order valence-corrected chi connectivity index (χ3v) is 7.13. The number of carbonyl (C=O) groups excluding carboxylic acids is 1. The van der Waals surface area contributed by atoms with Gasteiger partial charge in [0.15, 0.2) is 11.5 Å². The average Bonchev–Trinajstić information content (AvgIpc) is 3.12. The molecule has 0 radical (unpaired) electrons. The van der Waals surface area contributed by atoms with Crippen molar-refractivity contribution in [1.82, 2.24) is 10.2 Å². The third kappa shape index (κ3) is 4.22. The molecule has 0 spiro atoms. The van der Waals surface area contributed by atoms with E-state index >= 15 is 0 Å². The lowest BCUT2D eigenvalue weighted by molar-refractivity contribution is 0.156. The van der Waals surface area contributed by atoms with Crippen molar-refractivity contribution in [3.05, 3.63) is 53.6 Å². The van der Waals surface area contributed by atoms with Crippen LogP contribution in [0.25, 0.3) is 0 Å². The Hall–Kier alpha value is -2.73. The highest BCUT2D eigenvalue weighted by Crippen LogP contribution is 2.49. The molecule has 4 rings (SSSR count). The highest BCUT2D eigenvalue weighted by Gasteiger charge is 2.50. The maximum atomic E-state index is 12.6. The van der Waals surface area contributed by atoms with E-state index in [0.29, 0.717) is 6.04 Å². The van der Waals surface area contributed by atoms with Crippen LogP contribution in [0.5, 0.6) is 11.5 Å². The normalized spacial score (nSPS) is 25.5. The van der Waals surface area contributed by atoms with E-state index in [2.05, 4.69) is 34.7 Å². The van der Waals surface area contributed by atoms with Gasteiger partial charge in [-0.3, -0.25) is 0 Å². The molecule has 6 heteroatoms. The number of likely N-dealkylation sites (tertiary alicyclic amines) is 1. The molecule has 2 amide bonds. The highest BCUT2D eigenvalue weighted by atomic mass is 16.5. The van der Waals surface area contributed by atoms with Gasteiger partial charge in [-0.05, 0) is 76.0 Å². The molecule has 1 saturated heterocycles. The number of aryl methyl sites for hydroxylation is 1. The van der Waals surface area contributed by atoms with Gasteiger partial charge in [0.2, 0.25) is 0 Å². The third-order valence-electron chi connectivity index (χ3n) is 7.13. The first-order valence-corrected chi connectivity index (χ1v) is 11.0. The number of carbonyl (C=O) groups is 1. The number of ether oxygens (including phenoxy) is 2. The summed E-state index contributed by atoms with van der Waals surface area (Å²) in [6.45, 7) is 3.09. The van der Waals surface area contributed by atoms with E-state index in [1.807, 2.05) is 37.3 Å². The van der Waals surface area contributed by atoms with Crippen molar-refractivity contribution < 1.29 is 14.3 Å². The van der Waals surface area contributed by atoms with Gasteiger partial charge < -0.3 is 25.0 Å². The fourth-order valence-corrected chi connectivity index (χ4v) is 5.38. The lowest BCUT2D eigenvalue weighted by atomic mass is 9.65. The van der Waals surface area contributed by atoms with E-state index < -0.39 is 0 Å². The van der Waals surface area contributed by atoms with Crippen LogP contribution in [-0.4, -0.2) is 50.8 Å². The van der Waals surface area contributed by atoms with Gasteiger partial charge in [-0.1, -0.05) is 23.8 Å². The van der Waals surface area contributed by atoms with Gasteiger partial charge in [0, 0.05) is 23.2 Å². The zero-order valence-electron chi connectivity index (χ0n) is 18.9. The second-order valence-corrected chi connectivity index (χ2v) is 8.91. The second kappa shape index (κ2) is 8.79. The molecular formula is C25H33N3O3. The molecule has 6 nitrogen and oxygen atoms in total. The first-order chi connectivity index (χ1) is 14.9. The molecule has 1 aliphatic heterocycles. The molecule has 2 fully saturated rings. The lowest BCUT2D eigenvalue weighted by Crippen LogP contribution is -2.52. The number of nitrogens with zero attached hydrogens (tertiary/aromatic N) is 1. The molecule has 1 saturated carbocycles. The van der Waals surface area contributed by atoms with Crippen molar-refractivity contribution in [3.8, 4) is 11.5 Å². The molecule has 0 aromatic heterocycles. The highest BCUT2D eigenvalue weighted by molar-refractivity contribution is 5.89. The fraction of sp³-hybridized carbons (Fsp3) is 0.480. The average molecular weight is 424 g/mol. The number of fused-ring (bicyclic) bond motifs is 1. The molecule has 1 aliphatic carbocycles. The number of rotatable bonds is 5. The summed E-state index contributed by atoms with van der Waals surface area (Å²) in [5, 5.41) is 6.17. The summed E-state index contributed by atoms with van der Waals surface area (Å²) in [5.41, 5.74) is 3.38. The summed E-state index contributed by atoms with van der Waals surface area (Å²) in [6, 6.07) is 14.6. The second-order valence-electron chi connectivity index (χ2n) is 8.91. The Morgan fingerprint density at radius 2 is 1.81 bits per heavy atom. The summed E-state index contributed by atoms with van der Waals surface area (Å²) in [7, 11) is 5.55. The van der Waals surface area contributed by atoms with Crippen LogP contribution in [0, 0.1) is 6.92 Å². The van der Waals surface area contributed by atoms with E-state index in [1.54, 1.807) is 14.2 Å². The van der Waals surface area contributed by atoms with Crippen LogP contribution in [-0.2, 0) is 5.41 Å². The molecule has 0 bridgehead atoms. The minimum absolute atomic E-state index is 0.0832. The monoisotopic (exact) mass is 423 g/mol. The van der Waals surface area contributed by atoms with Gasteiger partial charge in [-0.25, -0.2) is 4.79 Å². The standard InChI is InChI=1S/C25H33N3O3/c1-17-5-8-19(9-6-17)26-24(29)27-20-11-12-25(13-14-28(2)23(25)16-20)18-7-10-21(30-3)22(15-18)31-4/h5-10,15,20,23H,11-14,16H2,1-4H3,(H2,26,27,29). The van der Waals surface area contributed by atoms with Crippen LogP contribution < -0.4 is 20.1 Å². The van der Waals surface area contributed by atoms with Crippen molar-refractivity contribution in [3.63, 3.8) is 0 Å². The van der Waals surface area contributed by atoms with Crippen molar-refractivity contribution >= 4 is 11.7 Å². The molecule has 2 aromatic rings. The molecule has 3 unspecified atom stereocenters. The minimum atomic E-state index is -0.131. The SMILES string of the molecule is COc1ccc(C23CCC(NC(=O)Nc4ccc(C)cc4)CC2N(C)CC3)cc1OC. The maximum absolute atomic E-state index is 12.6. The Bertz CT molecular complexity index is 930. The van der Waals surface area contributed by atoms with E-state index in [4.69, 9.17) is 9.47 Å². The van der Waals surface area contributed by atoms with E-state index in [-0.39, 0.29) is 17.5 Å². The summed E-state index contributed by atoms with van der Waals surface area (Å²) < 4.78 is 11.0. The number of likely N-dealkylation sites (N-methyl/N-ethyl adjacent to an activating group) is 1. The Labute approximate surface area is 184 Å². The molecule has 31 heavy (non-hydrogen) atoms. The minimum Gasteiger partial charge on any atom is -0.493 e. The van der Waals surface area contributed by atoms with Crippen molar-refractivity contribution in [2.75, 3.05) is 33.1 Å². The topological polar surface area (TPSA) is 62.8 Å². The molecule has 2 aromatic carbocycles. The Balaban J connectivity index is 1.47. The van der Waals surface area contributed by atoms with E-state index in [0.717, 1.165) is 49.4 Å². The zero-order chi connectivity index (χ0) is 22.0. The molecule has 2 aliphatic rings. The fourth-order valence-electron chi connectivity index (χ4n) is 5.38. The Morgan fingerprint density at radius 1 is 1.06 bits per heavy atom. The first kappa shape index (κ1) is 21.5. The van der Waals surface area contributed by atoms with Gasteiger partial charge in [0.1, 0.15) is 0 Å². The molecule has 3 atom stereocenters. The van der Waals surface area contributed by atoms with Gasteiger partial charge in [0.05, 0.1) is 14.2 Å². The Morgan fingerprint density at radius 3 is 2.52 bits per heavy atom. The number of benzene rings is 2. The summed E-state index contributed by atoms with van der Waals surface area (Å²) >= 11 is 0. The van der Waals surface area contributed by atoms with Crippen molar-refractivity contribution in [2.24, 2.45) is 0 Å². The molecule has 166 valence electrons. The van der Waals surface area contributed by atoms with Gasteiger partial charge >= 0.3 is 6.03 Å². The predicted molar refractivity (Wildman–Crippen MR) is 123 cm³/mol. The first-order valence-electron chi connectivity index (χ1n) is 11.0. The smallest absolute Gasteiger partial charge is 0.319 e.